The molecule has 0 saturated carbocycles. The molecule has 2 aromatic rings. The standard InChI is InChI=1S/2C7H8O3S.2C6H13N/c2*1-6-2-4-7(5-3-6)11(8,9)10;2*1-2-7-5-3-4-6-7/h2*2-5H,1H3,(H,8,9,10);2*2-6H2,1H3. The zero-order chi connectivity index (χ0) is 27.2. The summed E-state index contributed by atoms with van der Waals surface area (Å²) in [7, 11) is -8.04. The van der Waals surface area contributed by atoms with Crippen molar-refractivity contribution in [2.24, 2.45) is 0 Å². The molecule has 0 aromatic heterocycles. The molecule has 2 heterocycles. The molecule has 204 valence electrons. The molecule has 2 aromatic carbocycles. The lowest BCUT2D eigenvalue weighted by Gasteiger charge is -2.08. The molecule has 2 N–H and O–H groups in total. The number of aryl methyl sites for hydroxylation is 2. The van der Waals surface area contributed by atoms with Crippen molar-refractivity contribution < 1.29 is 25.9 Å². The van der Waals surface area contributed by atoms with Gasteiger partial charge in [-0.3, -0.25) is 9.11 Å². The maximum absolute atomic E-state index is 10.5. The Kier molecular flexibility index (Phi) is 14.4. The Morgan fingerprint density at radius 3 is 1.00 bits per heavy atom. The van der Waals surface area contributed by atoms with Crippen LogP contribution in [-0.2, 0) is 20.2 Å². The van der Waals surface area contributed by atoms with E-state index in [1.807, 2.05) is 13.8 Å². The summed E-state index contributed by atoms with van der Waals surface area (Å²) in [5.74, 6) is 0. The van der Waals surface area contributed by atoms with Crippen molar-refractivity contribution in [3.63, 3.8) is 0 Å². The van der Waals surface area contributed by atoms with Crippen molar-refractivity contribution in [1.29, 1.82) is 0 Å². The van der Waals surface area contributed by atoms with E-state index in [4.69, 9.17) is 9.11 Å². The van der Waals surface area contributed by atoms with Gasteiger partial charge in [-0.1, -0.05) is 49.2 Å². The van der Waals surface area contributed by atoms with Gasteiger partial charge in [0, 0.05) is 0 Å². The van der Waals surface area contributed by atoms with E-state index in [2.05, 4.69) is 23.6 Å². The van der Waals surface area contributed by atoms with Crippen LogP contribution in [0.3, 0.4) is 0 Å². The summed E-state index contributed by atoms with van der Waals surface area (Å²) in [6.07, 6.45) is 5.70. The minimum atomic E-state index is -4.02. The Morgan fingerprint density at radius 1 is 0.583 bits per heavy atom. The van der Waals surface area contributed by atoms with Gasteiger partial charge in [-0.25, -0.2) is 0 Å². The molecule has 2 aliphatic heterocycles. The van der Waals surface area contributed by atoms with Crippen LogP contribution in [0.5, 0.6) is 0 Å². The van der Waals surface area contributed by atoms with E-state index in [0.717, 1.165) is 11.1 Å². The van der Waals surface area contributed by atoms with Gasteiger partial charge in [-0.15, -0.1) is 0 Å². The van der Waals surface area contributed by atoms with Crippen LogP contribution in [0.4, 0.5) is 0 Å². The molecule has 4 rings (SSSR count). The van der Waals surface area contributed by atoms with Crippen LogP contribution >= 0.6 is 0 Å². The maximum atomic E-state index is 10.5. The third-order valence-corrected chi connectivity index (χ3v) is 7.67. The summed E-state index contributed by atoms with van der Waals surface area (Å²) in [5.41, 5.74) is 1.91. The molecular weight excluding hydrogens is 500 g/mol. The average molecular weight is 543 g/mol. The van der Waals surface area contributed by atoms with Crippen LogP contribution in [0.1, 0.15) is 50.7 Å². The van der Waals surface area contributed by atoms with Gasteiger partial charge in [0.2, 0.25) is 0 Å². The Labute approximate surface area is 217 Å². The number of hydrogen-bond donors (Lipinski definition) is 2. The van der Waals surface area contributed by atoms with Gasteiger partial charge < -0.3 is 9.80 Å². The highest BCUT2D eigenvalue weighted by Gasteiger charge is 2.09. The molecular formula is C26H42N2O6S2. The molecule has 0 spiro atoms. The third-order valence-electron chi connectivity index (χ3n) is 5.93. The summed E-state index contributed by atoms with van der Waals surface area (Å²) < 4.78 is 59.1. The van der Waals surface area contributed by atoms with Crippen molar-refractivity contribution in [2.45, 2.75) is 63.2 Å². The van der Waals surface area contributed by atoms with Crippen molar-refractivity contribution in [2.75, 3.05) is 39.3 Å². The van der Waals surface area contributed by atoms with E-state index in [-0.39, 0.29) is 9.79 Å². The topological polar surface area (TPSA) is 115 Å². The van der Waals surface area contributed by atoms with Crippen LogP contribution in [0.25, 0.3) is 0 Å². The molecule has 0 aliphatic carbocycles. The van der Waals surface area contributed by atoms with E-state index in [0.29, 0.717) is 0 Å². The maximum Gasteiger partial charge on any atom is 0.294 e. The summed E-state index contributed by atoms with van der Waals surface area (Å²) in [6, 6.07) is 12.0. The zero-order valence-corrected chi connectivity index (χ0v) is 23.6. The quantitative estimate of drug-likeness (QED) is 0.535. The monoisotopic (exact) mass is 542 g/mol. The van der Waals surface area contributed by atoms with Gasteiger partial charge in [-0.05, 0) is 103 Å². The van der Waals surface area contributed by atoms with Gasteiger partial charge in [0.1, 0.15) is 0 Å². The molecule has 0 amide bonds. The summed E-state index contributed by atoms with van der Waals surface area (Å²) in [4.78, 5) is 4.84. The first-order valence-corrected chi connectivity index (χ1v) is 15.3. The fourth-order valence-electron chi connectivity index (χ4n) is 3.62. The second kappa shape index (κ2) is 16.1. The number of benzene rings is 2. The normalized spacial score (nSPS) is 16.2. The van der Waals surface area contributed by atoms with Crippen LogP contribution in [0, 0.1) is 13.8 Å². The fraction of sp³-hybridized carbons (Fsp3) is 0.538. The van der Waals surface area contributed by atoms with Gasteiger partial charge >= 0.3 is 0 Å². The molecule has 0 unspecified atom stereocenters. The zero-order valence-electron chi connectivity index (χ0n) is 21.9. The summed E-state index contributed by atoms with van der Waals surface area (Å²) in [5, 5.41) is 0. The lowest BCUT2D eigenvalue weighted by Crippen LogP contribution is -2.17. The predicted molar refractivity (Wildman–Crippen MR) is 145 cm³/mol. The van der Waals surface area contributed by atoms with Crippen molar-refractivity contribution in [3.8, 4) is 0 Å². The first-order valence-electron chi connectivity index (χ1n) is 12.4. The van der Waals surface area contributed by atoms with Crippen molar-refractivity contribution >= 4 is 20.2 Å². The largest absolute Gasteiger partial charge is 0.304 e. The van der Waals surface area contributed by atoms with E-state index < -0.39 is 20.2 Å². The van der Waals surface area contributed by atoms with Crippen LogP contribution in [0.15, 0.2) is 58.3 Å². The van der Waals surface area contributed by atoms with Gasteiger partial charge in [-0.2, -0.15) is 16.8 Å². The Balaban J connectivity index is 0.000000245. The number of nitrogens with zero attached hydrogens (tertiary/aromatic N) is 2. The predicted octanol–water partition coefficient (Wildman–Crippen LogP) is 4.69. The Morgan fingerprint density at radius 2 is 0.833 bits per heavy atom. The van der Waals surface area contributed by atoms with Gasteiger partial charge in [0.25, 0.3) is 20.2 Å². The molecule has 0 radical (unpaired) electrons. The highest BCUT2D eigenvalue weighted by atomic mass is 32.2. The molecule has 10 heteroatoms. The second-order valence-corrected chi connectivity index (χ2v) is 11.7. The summed E-state index contributed by atoms with van der Waals surface area (Å²) >= 11 is 0. The third kappa shape index (κ3) is 13.5. The first-order chi connectivity index (χ1) is 16.9. The first kappa shape index (κ1) is 32.2. The molecule has 0 bridgehead atoms. The van der Waals surface area contributed by atoms with E-state index in [1.165, 1.54) is 89.2 Å². The molecule has 2 saturated heterocycles. The Hall–Kier alpha value is -1.82. The van der Waals surface area contributed by atoms with E-state index in [9.17, 15) is 16.8 Å². The minimum Gasteiger partial charge on any atom is -0.304 e. The number of hydrogen-bond acceptors (Lipinski definition) is 6. The highest BCUT2D eigenvalue weighted by molar-refractivity contribution is 7.86. The van der Waals surface area contributed by atoms with Crippen LogP contribution < -0.4 is 0 Å². The lowest BCUT2D eigenvalue weighted by molar-refractivity contribution is 0.359. The molecule has 8 nitrogen and oxygen atoms in total. The fourth-order valence-corrected chi connectivity index (χ4v) is 4.58. The van der Waals surface area contributed by atoms with Crippen LogP contribution in [0.2, 0.25) is 0 Å². The molecule has 2 aliphatic rings. The number of rotatable bonds is 4. The molecule has 2 fully saturated rings. The minimum absolute atomic E-state index is 0.0666. The van der Waals surface area contributed by atoms with Crippen molar-refractivity contribution in [3.05, 3.63) is 59.7 Å². The van der Waals surface area contributed by atoms with E-state index >= 15 is 0 Å². The Bertz CT molecular complexity index is 985. The summed E-state index contributed by atoms with van der Waals surface area (Å²) in [6.45, 7) is 16.0. The van der Waals surface area contributed by atoms with Gasteiger partial charge in [0.15, 0.2) is 0 Å². The lowest BCUT2D eigenvalue weighted by atomic mass is 10.2. The second-order valence-electron chi connectivity index (χ2n) is 8.86. The number of likely N-dealkylation sites (tertiary alicyclic amines) is 2. The van der Waals surface area contributed by atoms with Gasteiger partial charge in [0.05, 0.1) is 9.79 Å². The van der Waals surface area contributed by atoms with E-state index in [1.54, 1.807) is 24.3 Å². The molecule has 36 heavy (non-hydrogen) atoms. The highest BCUT2D eigenvalue weighted by Crippen LogP contribution is 2.09. The average Bonchev–Trinajstić information content (AvgIpc) is 3.54. The van der Waals surface area contributed by atoms with Crippen LogP contribution in [-0.4, -0.2) is 75.0 Å². The van der Waals surface area contributed by atoms with Crippen molar-refractivity contribution in [1.82, 2.24) is 9.80 Å². The molecule has 0 atom stereocenters. The SMILES string of the molecule is CCN1CCCC1.CCN1CCCC1.Cc1ccc(S(=O)(=O)O)cc1.Cc1ccc(S(=O)(=O)O)cc1. The smallest absolute Gasteiger partial charge is 0.294 e.